The molecule has 1 amide bonds. The van der Waals surface area contributed by atoms with Gasteiger partial charge in [0.25, 0.3) is 5.91 Å². The molecule has 0 unspecified atom stereocenters. The maximum absolute atomic E-state index is 13.1. The fourth-order valence-corrected chi connectivity index (χ4v) is 4.75. The number of nitrogens with one attached hydrogen (secondary N) is 2. The lowest BCUT2D eigenvalue weighted by molar-refractivity contribution is -0.137. The van der Waals surface area contributed by atoms with Gasteiger partial charge in [-0.15, -0.1) is 11.3 Å². The van der Waals surface area contributed by atoms with Gasteiger partial charge >= 0.3 is 6.18 Å². The van der Waals surface area contributed by atoms with Crippen LogP contribution in [0.15, 0.2) is 54.2 Å². The summed E-state index contributed by atoms with van der Waals surface area (Å²) in [6.07, 6.45) is -1.07. The zero-order chi connectivity index (χ0) is 25.4. The second kappa shape index (κ2) is 9.34. The first-order valence-corrected chi connectivity index (χ1v) is 12.2. The number of benzene rings is 2. The van der Waals surface area contributed by atoms with Crippen molar-refractivity contribution in [3.8, 4) is 0 Å². The second-order valence-electron chi connectivity index (χ2n) is 8.75. The molecule has 0 atom stereocenters. The average molecular weight is 511 g/mol. The summed E-state index contributed by atoms with van der Waals surface area (Å²) in [5.41, 5.74) is 1.89. The van der Waals surface area contributed by atoms with Crippen molar-refractivity contribution in [1.82, 2.24) is 9.97 Å². The van der Waals surface area contributed by atoms with E-state index in [1.165, 1.54) is 29.8 Å². The van der Waals surface area contributed by atoms with Gasteiger partial charge in [0.15, 0.2) is 5.78 Å². The Hall–Kier alpha value is -3.79. The van der Waals surface area contributed by atoms with Gasteiger partial charge in [-0.1, -0.05) is 30.3 Å². The second-order valence-corrected chi connectivity index (χ2v) is 9.63. The number of hydrogen-bond donors (Lipinski definition) is 2. The van der Waals surface area contributed by atoms with Crippen LogP contribution in [0.3, 0.4) is 0 Å². The molecule has 0 bridgehead atoms. The number of halogens is 3. The maximum atomic E-state index is 13.1. The molecular formula is C26H21F3N4O2S. The molecule has 0 spiro atoms. The molecule has 2 aromatic heterocycles. The molecule has 0 saturated heterocycles. The minimum absolute atomic E-state index is 0.191. The van der Waals surface area contributed by atoms with Gasteiger partial charge in [-0.25, -0.2) is 9.97 Å². The van der Waals surface area contributed by atoms with Gasteiger partial charge in [0.05, 0.1) is 21.3 Å². The fraction of sp³-hybridized carbons (Fsp3) is 0.231. The number of fused-ring (bicyclic) bond motifs is 1. The number of carbonyl (C=O) groups excluding carboxylic acids is 2. The molecule has 1 saturated carbocycles. The molecule has 5 rings (SSSR count). The monoisotopic (exact) mass is 510 g/mol. The van der Waals surface area contributed by atoms with Crippen molar-refractivity contribution in [3.63, 3.8) is 0 Å². The number of aryl methyl sites for hydroxylation is 1. The van der Waals surface area contributed by atoms with E-state index in [1.54, 1.807) is 30.5 Å². The van der Waals surface area contributed by atoms with Crippen molar-refractivity contribution in [2.75, 3.05) is 10.6 Å². The van der Waals surface area contributed by atoms with Gasteiger partial charge in [-0.05, 0) is 43.0 Å². The Balaban J connectivity index is 1.35. The predicted molar refractivity (Wildman–Crippen MR) is 133 cm³/mol. The number of carbonyl (C=O) groups is 2. The van der Waals surface area contributed by atoms with Crippen LogP contribution in [0.5, 0.6) is 0 Å². The number of nitrogens with zero attached hydrogens (tertiary/aromatic N) is 2. The number of hydrogen-bond acceptors (Lipinski definition) is 6. The third-order valence-electron chi connectivity index (χ3n) is 5.94. The van der Waals surface area contributed by atoms with Gasteiger partial charge in [-0.2, -0.15) is 13.2 Å². The van der Waals surface area contributed by atoms with E-state index in [2.05, 4.69) is 20.6 Å². The molecule has 2 aromatic carbocycles. The highest BCUT2D eigenvalue weighted by molar-refractivity contribution is 7.18. The van der Waals surface area contributed by atoms with Crippen molar-refractivity contribution in [2.24, 2.45) is 0 Å². The van der Waals surface area contributed by atoms with Crippen LogP contribution in [0.2, 0.25) is 0 Å². The number of alkyl halides is 3. The normalized spacial score (nSPS) is 13.6. The molecule has 0 aliphatic heterocycles. The third kappa shape index (κ3) is 5.08. The Morgan fingerprint density at radius 1 is 1.11 bits per heavy atom. The first-order valence-electron chi connectivity index (χ1n) is 11.3. The number of thiophene rings is 1. The van der Waals surface area contributed by atoms with E-state index in [9.17, 15) is 22.8 Å². The molecule has 1 aliphatic carbocycles. The minimum Gasteiger partial charge on any atom is -0.366 e. The smallest absolute Gasteiger partial charge is 0.366 e. The summed E-state index contributed by atoms with van der Waals surface area (Å²) < 4.78 is 39.8. The first-order chi connectivity index (χ1) is 17.2. The summed E-state index contributed by atoms with van der Waals surface area (Å²) in [4.78, 5) is 34.6. The lowest BCUT2D eigenvalue weighted by Crippen LogP contribution is -2.14. The minimum atomic E-state index is -4.48. The third-order valence-corrected chi connectivity index (χ3v) is 6.92. The summed E-state index contributed by atoms with van der Waals surface area (Å²) in [7, 11) is 0. The lowest BCUT2D eigenvalue weighted by atomic mass is 9.99. The SMILES string of the molecule is Cc1ccc(C(=O)Cc2cccc(C(F)(F)F)c2)cc1NC(=O)c1csc2c(NC3CC3)ncnc12. The largest absolute Gasteiger partial charge is 0.416 e. The van der Waals surface area contributed by atoms with Gasteiger partial charge in [0.2, 0.25) is 0 Å². The van der Waals surface area contributed by atoms with Crippen LogP contribution in [0.25, 0.3) is 10.2 Å². The lowest BCUT2D eigenvalue weighted by Gasteiger charge is -2.11. The summed E-state index contributed by atoms with van der Waals surface area (Å²) in [5.74, 6) is -0.0119. The van der Waals surface area contributed by atoms with Crippen molar-refractivity contribution < 1.29 is 22.8 Å². The Morgan fingerprint density at radius 2 is 1.92 bits per heavy atom. The van der Waals surface area contributed by atoms with Gasteiger partial charge in [-0.3, -0.25) is 9.59 Å². The highest BCUT2D eigenvalue weighted by atomic mass is 32.1. The van der Waals surface area contributed by atoms with Crippen LogP contribution in [0.1, 0.15) is 50.2 Å². The molecule has 2 N–H and O–H groups in total. The van der Waals surface area contributed by atoms with Crippen LogP contribution >= 0.6 is 11.3 Å². The first kappa shape index (κ1) is 23.9. The average Bonchev–Trinajstić information content (AvgIpc) is 3.54. The van der Waals surface area contributed by atoms with Gasteiger partial charge in [0.1, 0.15) is 12.1 Å². The van der Waals surface area contributed by atoms with E-state index in [0.717, 1.165) is 35.2 Å². The zero-order valence-corrected chi connectivity index (χ0v) is 20.0. The van der Waals surface area contributed by atoms with E-state index in [-0.39, 0.29) is 23.7 Å². The zero-order valence-electron chi connectivity index (χ0n) is 19.1. The summed E-state index contributed by atoms with van der Waals surface area (Å²) in [5, 5.41) is 7.93. The summed E-state index contributed by atoms with van der Waals surface area (Å²) in [6.45, 7) is 1.79. The summed E-state index contributed by atoms with van der Waals surface area (Å²) in [6, 6.07) is 9.97. The molecule has 4 aromatic rings. The van der Waals surface area contributed by atoms with Crippen molar-refractivity contribution >= 4 is 44.7 Å². The molecule has 0 radical (unpaired) electrons. The Kier molecular flexibility index (Phi) is 6.21. The highest BCUT2D eigenvalue weighted by Gasteiger charge is 2.30. The summed E-state index contributed by atoms with van der Waals surface area (Å²) >= 11 is 1.38. The molecular weight excluding hydrogens is 489 g/mol. The molecule has 184 valence electrons. The quantitative estimate of drug-likeness (QED) is 0.286. The van der Waals surface area contributed by atoms with Crippen LogP contribution in [-0.4, -0.2) is 27.7 Å². The Morgan fingerprint density at radius 3 is 2.67 bits per heavy atom. The van der Waals surface area contributed by atoms with E-state index in [1.807, 2.05) is 0 Å². The molecule has 1 fully saturated rings. The number of rotatable bonds is 7. The molecule has 36 heavy (non-hydrogen) atoms. The van der Waals surface area contributed by atoms with E-state index < -0.39 is 11.7 Å². The van der Waals surface area contributed by atoms with Crippen LogP contribution in [-0.2, 0) is 12.6 Å². The number of ketones is 1. The van der Waals surface area contributed by atoms with E-state index in [4.69, 9.17) is 0 Å². The molecule has 1 aliphatic rings. The standard InChI is InChI=1S/C26H21F3N4O2S/c1-14-5-6-16(21(34)10-15-3-2-4-17(9-15)26(27,28)29)11-20(14)33-25(35)19-12-36-23-22(19)30-13-31-24(23)32-18-7-8-18/h2-6,9,11-13,18H,7-8,10H2,1H3,(H,33,35)(H,30,31,32). The molecule has 6 nitrogen and oxygen atoms in total. The van der Waals surface area contributed by atoms with Gasteiger partial charge < -0.3 is 10.6 Å². The highest BCUT2D eigenvalue weighted by Crippen LogP contribution is 2.33. The fourth-order valence-electron chi connectivity index (χ4n) is 3.80. The number of amides is 1. The van der Waals surface area contributed by atoms with Crippen molar-refractivity contribution in [3.05, 3.63) is 82.0 Å². The number of Topliss-reactive ketones (excluding diaryl/α,β-unsaturated/α-hetero) is 1. The van der Waals surface area contributed by atoms with Crippen LogP contribution in [0, 0.1) is 6.92 Å². The predicted octanol–water partition coefficient (Wildman–Crippen LogP) is 6.27. The maximum Gasteiger partial charge on any atom is 0.416 e. The van der Waals surface area contributed by atoms with E-state index in [0.29, 0.717) is 34.2 Å². The van der Waals surface area contributed by atoms with E-state index >= 15 is 0 Å². The van der Waals surface area contributed by atoms with Crippen LogP contribution < -0.4 is 10.6 Å². The van der Waals surface area contributed by atoms with Crippen molar-refractivity contribution in [2.45, 2.75) is 38.4 Å². The number of anilines is 2. The molecule has 2 heterocycles. The number of aromatic nitrogens is 2. The van der Waals surface area contributed by atoms with Gasteiger partial charge in [0, 0.05) is 29.1 Å². The van der Waals surface area contributed by atoms with Crippen molar-refractivity contribution in [1.29, 1.82) is 0 Å². The molecule has 10 heteroatoms. The topological polar surface area (TPSA) is 84.0 Å². The Labute approximate surface area is 208 Å². The Bertz CT molecular complexity index is 1480. The van der Waals surface area contributed by atoms with Crippen LogP contribution in [0.4, 0.5) is 24.7 Å².